The first kappa shape index (κ1) is 14.2. The van der Waals surface area contributed by atoms with Gasteiger partial charge in [-0.3, -0.25) is 4.90 Å². The Morgan fingerprint density at radius 1 is 1.37 bits per heavy atom. The maximum Gasteiger partial charge on any atom is 0.129 e. The van der Waals surface area contributed by atoms with Crippen LogP contribution in [0.25, 0.3) is 0 Å². The molecule has 0 radical (unpaired) electrons. The second-order valence-electron chi connectivity index (χ2n) is 5.31. The number of hydrogen-bond acceptors (Lipinski definition) is 3. The highest BCUT2D eigenvalue weighted by Gasteiger charge is 2.20. The van der Waals surface area contributed by atoms with Gasteiger partial charge in [-0.05, 0) is 25.3 Å². The fourth-order valence-electron chi connectivity index (χ4n) is 2.52. The first-order chi connectivity index (χ1) is 9.24. The Balaban J connectivity index is 1.75. The van der Waals surface area contributed by atoms with Gasteiger partial charge in [-0.25, -0.2) is 0 Å². The number of rotatable bonds is 6. The van der Waals surface area contributed by atoms with Gasteiger partial charge in [0.2, 0.25) is 0 Å². The molecule has 0 bridgehead atoms. The third-order valence-corrected chi connectivity index (χ3v) is 3.53. The van der Waals surface area contributed by atoms with Crippen LogP contribution in [-0.2, 0) is 16.1 Å². The van der Waals surface area contributed by atoms with Crippen LogP contribution in [0.4, 0.5) is 0 Å². The second-order valence-corrected chi connectivity index (χ2v) is 5.31. The zero-order valence-electron chi connectivity index (χ0n) is 11.7. The van der Waals surface area contributed by atoms with Crippen LogP contribution in [0.2, 0.25) is 0 Å². The molecule has 1 saturated heterocycles. The highest BCUT2D eigenvalue weighted by molar-refractivity contribution is 5.75. The van der Waals surface area contributed by atoms with E-state index in [4.69, 9.17) is 4.74 Å². The first-order valence-corrected chi connectivity index (χ1v) is 7.11. The lowest BCUT2D eigenvalue weighted by Crippen LogP contribution is -2.41. The molecule has 104 valence electrons. The summed E-state index contributed by atoms with van der Waals surface area (Å²) >= 11 is 0. The van der Waals surface area contributed by atoms with Crippen molar-refractivity contribution < 1.29 is 9.53 Å². The monoisotopic (exact) mass is 261 g/mol. The topological polar surface area (TPSA) is 29.5 Å². The normalized spacial score (nSPS) is 20.4. The molecule has 2 rings (SSSR count). The zero-order chi connectivity index (χ0) is 13.5. The van der Waals surface area contributed by atoms with Gasteiger partial charge in [-0.15, -0.1) is 0 Å². The quantitative estimate of drug-likeness (QED) is 0.788. The Kier molecular flexibility index (Phi) is 5.55. The minimum atomic E-state index is 0.275. The smallest absolute Gasteiger partial charge is 0.129 e. The number of carbonyl (C=O) groups is 1. The van der Waals surface area contributed by atoms with E-state index in [1.165, 1.54) is 5.56 Å². The fourth-order valence-corrected chi connectivity index (χ4v) is 2.52. The maximum atomic E-state index is 10.9. The van der Waals surface area contributed by atoms with Crippen LogP contribution in [0, 0.1) is 0 Å². The molecule has 1 fully saturated rings. The number of Topliss-reactive ketones (excluding diaryl/α,β-unsaturated/α-hetero) is 1. The van der Waals surface area contributed by atoms with E-state index in [0.29, 0.717) is 6.42 Å². The average molecular weight is 261 g/mol. The number of carbonyl (C=O) groups excluding carboxylic acids is 1. The molecule has 1 aromatic rings. The average Bonchev–Trinajstić information content (AvgIpc) is 2.40. The van der Waals surface area contributed by atoms with Gasteiger partial charge in [0, 0.05) is 26.1 Å². The van der Waals surface area contributed by atoms with E-state index in [1.807, 2.05) is 6.07 Å². The van der Waals surface area contributed by atoms with Gasteiger partial charge in [0.15, 0.2) is 0 Å². The summed E-state index contributed by atoms with van der Waals surface area (Å²) < 4.78 is 5.77. The molecule has 0 N–H and O–H groups in total. The van der Waals surface area contributed by atoms with Crippen LogP contribution in [0.3, 0.4) is 0 Å². The van der Waals surface area contributed by atoms with Crippen LogP contribution in [0.1, 0.15) is 31.7 Å². The van der Waals surface area contributed by atoms with Gasteiger partial charge in [-0.2, -0.15) is 0 Å². The Labute approximate surface area is 115 Å². The Morgan fingerprint density at radius 3 is 2.89 bits per heavy atom. The fraction of sp³-hybridized carbons (Fsp3) is 0.562. The highest BCUT2D eigenvalue weighted by atomic mass is 16.5. The molecule has 1 aliphatic rings. The number of ether oxygens (including phenoxy) is 1. The molecule has 0 spiro atoms. The molecule has 1 atom stereocenters. The zero-order valence-corrected chi connectivity index (χ0v) is 11.7. The minimum Gasteiger partial charge on any atom is -0.376 e. The number of hydrogen-bond donors (Lipinski definition) is 0. The Hall–Kier alpha value is -1.19. The molecule has 19 heavy (non-hydrogen) atoms. The first-order valence-electron chi connectivity index (χ1n) is 7.11. The predicted octanol–water partition coefficient (Wildman–Crippen LogP) is 2.65. The van der Waals surface area contributed by atoms with Crippen molar-refractivity contribution in [2.45, 2.75) is 38.8 Å². The van der Waals surface area contributed by atoms with Crippen LogP contribution in [0.15, 0.2) is 30.3 Å². The summed E-state index contributed by atoms with van der Waals surface area (Å²) in [6.07, 6.45) is 2.90. The van der Waals surface area contributed by atoms with Crippen LogP contribution >= 0.6 is 0 Å². The standard InChI is InChI=1S/C16H23NO2/c1-14(18)6-5-9-16-13-17(10-11-19-16)12-15-7-3-2-4-8-15/h2-4,7-8,16H,5-6,9-13H2,1H3. The lowest BCUT2D eigenvalue weighted by molar-refractivity contribution is -0.117. The number of benzene rings is 1. The SMILES string of the molecule is CC(=O)CCCC1CN(Cc2ccccc2)CCO1. The summed E-state index contributed by atoms with van der Waals surface area (Å²) in [6.45, 7) is 5.43. The molecule has 0 saturated carbocycles. The highest BCUT2D eigenvalue weighted by Crippen LogP contribution is 2.14. The molecule has 0 aliphatic carbocycles. The molecule has 1 heterocycles. The van der Waals surface area contributed by atoms with E-state index in [9.17, 15) is 4.79 Å². The Bertz CT molecular complexity index is 391. The molecule has 0 amide bonds. The minimum absolute atomic E-state index is 0.275. The van der Waals surface area contributed by atoms with E-state index >= 15 is 0 Å². The van der Waals surface area contributed by atoms with Crippen molar-refractivity contribution in [2.75, 3.05) is 19.7 Å². The second kappa shape index (κ2) is 7.41. The van der Waals surface area contributed by atoms with Gasteiger partial charge >= 0.3 is 0 Å². The van der Waals surface area contributed by atoms with Crippen molar-refractivity contribution in [3.8, 4) is 0 Å². The summed E-state index contributed by atoms with van der Waals surface area (Å²) in [4.78, 5) is 13.4. The van der Waals surface area contributed by atoms with E-state index in [1.54, 1.807) is 6.92 Å². The van der Waals surface area contributed by atoms with Gasteiger partial charge in [0.25, 0.3) is 0 Å². The van der Waals surface area contributed by atoms with Gasteiger partial charge in [0.05, 0.1) is 12.7 Å². The van der Waals surface area contributed by atoms with Crippen molar-refractivity contribution >= 4 is 5.78 Å². The maximum absolute atomic E-state index is 10.9. The van der Waals surface area contributed by atoms with E-state index in [-0.39, 0.29) is 11.9 Å². The molecule has 3 heteroatoms. The number of nitrogens with zero attached hydrogens (tertiary/aromatic N) is 1. The molecule has 1 aliphatic heterocycles. The molecule has 1 unspecified atom stereocenters. The summed E-state index contributed by atoms with van der Waals surface area (Å²) in [7, 11) is 0. The molecule has 1 aromatic carbocycles. The van der Waals surface area contributed by atoms with Gasteiger partial charge in [0.1, 0.15) is 5.78 Å². The van der Waals surface area contributed by atoms with Crippen molar-refractivity contribution in [3.63, 3.8) is 0 Å². The van der Waals surface area contributed by atoms with Crippen molar-refractivity contribution in [1.82, 2.24) is 4.90 Å². The summed E-state index contributed by atoms with van der Waals surface area (Å²) in [5.74, 6) is 0.275. The van der Waals surface area contributed by atoms with Gasteiger partial charge in [-0.1, -0.05) is 30.3 Å². The Morgan fingerprint density at radius 2 is 2.16 bits per heavy atom. The molecule has 0 aromatic heterocycles. The van der Waals surface area contributed by atoms with Crippen LogP contribution in [-0.4, -0.2) is 36.5 Å². The summed E-state index contributed by atoms with van der Waals surface area (Å²) in [5.41, 5.74) is 1.35. The third-order valence-electron chi connectivity index (χ3n) is 3.53. The van der Waals surface area contributed by atoms with Crippen molar-refractivity contribution in [2.24, 2.45) is 0 Å². The number of morpholine rings is 1. The molecular formula is C16H23NO2. The molecular weight excluding hydrogens is 238 g/mol. The lowest BCUT2D eigenvalue weighted by atomic mass is 10.1. The third kappa shape index (κ3) is 5.13. The van der Waals surface area contributed by atoms with E-state index in [0.717, 1.165) is 39.1 Å². The van der Waals surface area contributed by atoms with Crippen molar-refractivity contribution in [3.05, 3.63) is 35.9 Å². The van der Waals surface area contributed by atoms with E-state index in [2.05, 4.69) is 29.2 Å². The van der Waals surface area contributed by atoms with Crippen LogP contribution < -0.4 is 0 Å². The largest absolute Gasteiger partial charge is 0.376 e. The summed E-state index contributed by atoms with van der Waals surface area (Å²) in [6, 6.07) is 10.5. The molecule has 3 nitrogen and oxygen atoms in total. The summed E-state index contributed by atoms with van der Waals surface area (Å²) in [5, 5.41) is 0. The van der Waals surface area contributed by atoms with Crippen molar-refractivity contribution in [1.29, 1.82) is 0 Å². The lowest BCUT2D eigenvalue weighted by Gasteiger charge is -2.33. The van der Waals surface area contributed by atoms with Crippen LogP contribution in [0.5, 0.6) is 0 Å². The van der Waals surface area contributed by atoms with Gasteiger partial charge < -0.3 is 9.53 Å². The van der Waals surface area contributed by atoms with E-state index < -0.39 is 0 Å². The predicted molar refractivity (Wildman–Crippen MR) is 76.0 cm³/mol. The number of ketones is 1.